The summed E-state index contributed by atoms with van der Waals surface area (Å²) in [6.45, 7) is 1.46. The average Bonchev–Trinajstić information content (AvgIpc) is 2.39. The third-order valence-electron chi connectivity index (χ3n) is 2.89. The SMILES string of the molecule is CC(C(=O)O)(c1ccccc1)n1ncccc1=O. The minimum Gasteiger partial charge on any atom is -0.479 e. The quantitative estimate of drug-likeness (QED) is 0.877. The number of carboxylic acid groups (broad SMARTS) is 1. The summed E-state index contributed by atoms with van der Waals surface area (Å²) in [6, 6.07) is 11.3. The van der Waals surface area contributed by atoms with Crippen LogP contribution in [-0.4, -0.2) is 20.9 Å². The third-order valence-corrected chi connectivity index (χ3v) is 2.89. The van der Waals surface area contributed by atoms with Gasteiger partial charge < -0.3 is 5.11 Å². The number of aliphatic carboxylic acids is 1. The molecule has 0 amide bonds. The van der Waals surface area contributed by atoms with E-state index in [1.165, 1.54) is 25.3 Å². The molecule has 0 radical (unpaired) electrons. The third kappa shape index (κ3) is 1.79. The van der Waals surface area contributed by atoms with E-state index >= 15 is 0 Å². The smallest absolute Gasteiger partial charge is 0.336 e. The van der Waals surface area contributed by atoms with Gasteiger partial charge in [0.25, 0.3) is 5.56 Å². The summed E-state index contributed by atoms with van der Waals surface area (Å²) in [6.07, 6.45) is 1.39. The lowest BCUT2D eigenvalue weighted by molar-refractivity contribution is -0.145. The Bertz CT molecular complexity index is 621. The highest BCUT2D eigenvalue weighted by Crippen LogP contribution is 2.23. The van der Waals surface area contributed by atoms with Crippen molar-refractivity contribution >= 4 is 5.97 Å². The minimum absolute atomic E-state index is 0.453. The largest absolute Gasteiger partial charge is 0.479 e. The van der Waals surface area contributed by atoms with Crippen LogP contribution in [0.25, 0.3) is 0 Å². The molecule has 1 heterocycles. The van der Waals surface area contributed by atoms with Crippen LogP contribution in [-0.2, 0) is 10.3 Å². The average molecular weight is 244 g/mol. The van der Waals surface area contributed by atoms with Crippen molar-refractivity contribution in [1.29, 1.82) is 0 Å². The highest BCUT2D eigenvalue weighted by molar-refractivity contribution is 5.80. The molecule has 5 nitrogen and oxygen atoms in total. The maximum Gasteiger partial charge on any atom is 0.336 e. The van der Waals surface area contributed by atoms with Crippen LogP contribution >= 0.6 is 0 Å². The van der Waals surface area contributed by atoms with Crippen LogP contribution < -0.4 is 5.56 Å². The first-order valence-corrected chi connectivity index (χ1v) is 5.40. The Kier molecular flexibility index (Phi) is 2.97. The maximum atomic E-state index is 11.8. The molecule has 0 bridgehead atoms. The number of rotatable bonds is 3. The molecule has 0 fully saturated rings. The Morgan fingerprint density at radius 1 is 1.22 bits per heavy atom. The molecular weight excluding hydrogens is 232 g/mol. The van der Waals surface area contributed by atoms with E-state index in [4.69, 9.17) is 0 Å². The Hall–Kier alpha value is -2.43. The zero-order chi connectivity index (χ0) is 13.2. The Balaban J connectivity index is 2.71. The summed E-state index contributed by atoms with van der Waals surface area (Å²) >= 11 is 0. The van der Waals surface area contributed by atoms with E-state index in [1.54, 1.807) is 30.3 Å². The fourth-order valence-electron chi connectivity index (χ4n) is 1.79. The number of benzene rings is 1. The van der Waals surface area contributed by atoms with Gasteiger partial charge in [0, 0.05) is 12.3 Å². The van der Waals surface area contributed by atoms with Crippen LogP contribution in [0.4, 0.5) is 0 Å². The zero-order valence-corrected chi connectivity index (χ0v) is 9.78. The van der Waals surface area contributed by atoms with Crippen molar-refractivity contribution in [3.63, 3.8) is 0 Å². The summed E-state index contributed by atoms with van der Waals surface area (Å²) in [7, 11) is 0. The Labute approximate surface area is 103 Å². The van der Waals surface area contributed by atoms with Gasteiger partial charge in [-0.15, -0.1) is 0 Å². The van der Waals surface area contributed by atoms with E-state index in [1.807, 2.05) is 0 Å². The van der Waals surface area contributed by atoms with Gasteiger partial charge >= 0.3 is 5.97 Å². The minimum atomic E-state index is -1.51. The second kappa shape index (κ2) is 4.44. The Morgan fingerprint density at radius 2 is 1.89 bits per heavy atom. The number of hydrogen-bond donors (Lipinski definition) is 1. The highest BCUT2D eigenvalue weighted by Gasteiger charge is 2.39. The van der Waals surface area contributed by atoms with Crippen molar-refractivity contribution in [2.24, 2.45) is 0 Å². The predicted molar refractivity (Wildman–Crippen MR) is 65.3 cm³/mol. The second-order valence-electron chi connectivity index (χ2n) is 4.02. The molecule has 92 valence electrons. The van der Waals surface area contributed by atoms with Crippen LogP contribution in [0.1, 0.15) is 12.5 Å². The molecule has 0 aliphatic heterocycles. The van der Waals surface area contributed by atoms with Crippen LogP contribution in [0.2, 0.25) is 0 Å². The molecule has 1 unspecified atom stereocenters. The monoisotopic (exact) mass is 244 g/mol. The lowest BCUT2D eigenvalue weighted by Gasteiger charge is -2.26. The molecule has 0 saturated heterocycles. The zero-order valence-electron chi connectivity index (χ0n) is 9.78. The molecule has 0 aliphatic rings. The van der Waals surface area contributed by atoms with Crippen LogP contribution in [0.3, 0.4) is 0 Å². The fourth-order valence-corrected chi connectivity index (χ4v) is 1.79. The number of aromatic nitrogens is 2. The predicted octanol–water partition coefficient (Wildman–Crippen LogP) is 1.09. The first-order chi connectivity index (χ1) is 8.56. The summed E-state index contributed by atoms with van der Waals surface area (Å²) in [5, 5.41) is 13.3. The van der Waals surface area contributed by atoms with Gasteiger partial charge in [-0.3, -0.25) is 4.79 Å². The van der Waals surface area contributed by atoms with E-state index in [-0.39, 0.29) is 0 Å². The molecular formula is C13H12N2O3. The van der Waals surface area contributed by atoms with E-state index < -0.39 is 17.1 Å². The van der Waals surface area contributed by atoms with Crippen molar-refractivity contribution in [3.8, 4) is 0 Å². The van der Waals surface area contributed by atoms with Gasteiger partial charge in [0.05, 0.1) is 0 Å². The van der Waals surface area contributed by atoms with Crippen molar-refractivity contribution in [1.82, 2.24) is 9.78 Å². The number of carboxylic acids is 1. The van der Waals surface area contributed by atoms with Crippen molar-refractivity contribution in [3.05, 3.63) is 64.6 Å². The molecule has 0 aliphatic carbocycles. The molecule has 1 atom stereocenters. The second-order valence-corrected chi connectivity index (χ2v) is 4.02. The summed E-state index contributed by atoms with van der Waals surface area (Å²) in [4.78, 5) is 23.4. The molecule has 0 saturated carbocycles. The first kappa shape index (κ1) is 12.0. The Morgan fingerprint density at radius 3 is 2.44 bits per heavy atom. The maximum absolute atomic E-state index is 11.8. The summed E-state index contributed by atoms with van der Waals surface area (Å²) in [5.41, 5.74) is -1.47. The molecule has 0 spiro atoms. The molecule has 2 rings (SSSR count). The van der Waals surface area contributed by atoms with Crippen molar-refractivity contribution in [2.45, 2.75) is 12.5 Å². The summed E-state index contributed by atoms with van der Waals surface area (Å²) in [5.74, 6) is -1.13. The van der Waals surface area contributed by atoms with Gasteiger partial charge in [-0.2, -0.15) is 5.10 Å². The van der Waals surface area contributed by atoms with Crippen LogP contribution in [0, 0.1) is 0 Å². The van der Waals surface area contributed by atoms with Gasteiger partial charge in [0.1, 0.15) is 0 Å². The summed E-state index contributed by atoms with van der Waals surface area (Å²) < 4.78 is 0.977. The number of carbonyl (C=O) groups is 1. The molecule has 1 N–H and O–H groups in total. The van der Waals surface area contributed by atoms with Crippen LogP contribution in [0.5, 0.6) is 0 Å². The van der Waals surface area contributed by atoms with Gasteiger partial charge in [-0.1, -0.05) is 30.3 Å². The van der Waals surface area contributed by atoms with E-state index in [9.17, 15) is 14.7 Å². The molecule has 18 heavy (non-hydrogen) atoms. The van der Waals surface area contributed by atoms with Crippen molar-refractivity contribution < 1.29 is 9.90 Å². The van der Waals surface area contributed by atoms with Gasteiger partial charge in [0.2, 0.25) is 0 Å². The number of hydrogen-bond acceptors (Lipinski definition) is 3. The van der Waals surface area contributed by atoms with Gasteiger partial charge in [-0.05, 0) is 18.6 Å². The molecule has 5 heteroatoms. The number of nitrogens with zero attached hydrogens (tertiary/aromatic N) is 2. The standard InChI is InChI=1S/C13H12N2O3/c1-13(12(17)18,10-6-3-2-4-7-10)15-11(16)8-5-9-14-15/h2-9H,1H3,(H,17,18). The van der Waals surface area contributed by atoms with E-state index in [0.29, 0.717) is 5.56 Å². The molecule has 1 aromatic heterocycles. The molecule has 2 aromatic rings. The van der Waals surface area contributed by atoms with E-state index in [0.717, 1.165) is 4.68 Å². The van der Waals surface area contributed by atoms with Crippen LogP contribution in [0.15, 0.2) is 53.5 Å². The van der Waals surface area contributed by atoms with E-state index in [2.05, 4.69) is 5.10 Å². The van der Waals surface area contributed by atoms with Gasteiger partial charge in [-0.25, -0.2) is 9.48 Å². The first-order valence-electron chi connectivity index (χ1n) is 5.40. The lowest BCUT2D eigenvalue weighted by atomic mass is 9.92. The highest BCUT2D eigenvalue weighted by atomic mass is 16.4. The topological polar surface area (TPSA) is 72.2 Å². The lowest BCUT2D eigenvalue weighted by Crippen LogP contribution is -2.47. The molecule has 1 aromatic carbocycles. The normalized spacial score (nSPS) is 13.8. The fraction of sp³-hybridized carbons (Fsp3) is 0.154. The van der Waals surface area contributed by atoms with Gasteiger partial charge in [0.15, 0.2) is 5.54 Å². The van der Waals surface area contributed by atoms with Crippen molar-refractivity contribution in [2.75, 3.05) is 0 Å².